The molecule has 1 atom stereocenters. The van der Waals surface area contributed by atoms with Crippen LogP contribution in [-0.4, -0.2) is 47.2 Å². The van der Waals surface area contributed by atoms with Crippen molar-refractivity contribution in [1.29, 1.82) is 0 Å². The Morgan fingerprint density at radius 3 is 3.10 bits per heavy atom. The van der Waals surface area contributed by atoms with Crippen LogP contribution < -0.4 is 0 Å². The van der Waals surface area contributed by atoms with Gasteiger partial charge in [-0.2, -0.15) is 0 Å². The van der Waals surface area contributed by atoms with Crippen LogP contribution in [0.5, 0.6) is 0 Å². The van der Waals surface area contributed by atoms with E-state index in [-0.39, 0.29) is 5.91 Å². The molecule has 0 N–H and O–H groups in total. The Morgan fingerprint density at radius 1 is 1.43 bits per heavy atom. The van der Waals surface area contributed by atoms with E-state index in [1.807, 2.05) is 28.9 Å². The van der Waals surface area contributed by atoms with Crippen LogP contribution in [-0.2, 0) is 23.0 Å². The number of likely N-dealkylation sites (tertiary alicyclic amines) is 1. The molecule has 2 aromatic heterocycles. The summed E-state index contributed by atoms with van der Waals surface area (Å²) in [5.74, 6) is 0.635. The molecule has 112 valence electrons. The number of ether oxygens (including phenoxy) is 1. The molecular weight excluding hydrogens is 266 g/mol. The zero-order valence-electron chi connectivity index (χ0n) is 12.6. The van der Waals surface area contributed by atoms with E-state index in [9.17, 15) is 4.79 Å². The second-order valence-electron chi connectivity index (χ2n) is 5.74. The Bertz CT molecular complexity index is 650. The topological polar surface area (TPSA) is 47.4 Å². The Morgan fingerprint density at radius 2 is 2.29 bits per heavy atom. The fraction of sp³-hybridized carbons (Fsp3) is 0.500. The van der Waals surface area contributed by atoms with E-state index in [1.165, 1.54) is 10.9 Å². The Hall–Kier alpha value is -1.88. The number of hydrogen-bond donors (Lipinski definition) is 0. The van der Waals surface area contributed by atoms with Gasteiger partial charge < -0.3 is 14.2 Å². The lowest BCUT2D eigenvalue weighted by molar-refractivity contribution is -0.128. The number of amides is 1. The first-order chi connectivity index (χ1) is 10.2. The van der Waals surface area contributed by atoms with E-state index in [2.05, 4.69) is 17.1 Å². The maximum absolute atomic E-state index is 12.0. The minimum absolute atomic E-state index is 0.246. The molecule has 1 saturated heterocycles. The summed E-state index contributed by atoms with van der Waals surface area (Å²) in [6, 6.07) is 4.18. The minimum Gasteiger partial charge on any atom is -0.383 e. The number of carbonyl (C=O) groups excluding carboxylic acids is 1. The summed E-state index contributed by atoms with van der Waals surface area (Å²) < 4.78 is 7.09. The minimum atomic E-state index is 0.246. The quantitative estimate of drug-likeness (QED) is 0.839. The molecule has 1 fully saturated rings. The number of aryl methyl sites for hydroxylation is 1. The third-order valence-corrected chi connectivity index (χ3v) is 4.23. The molecule has 0 bridgehead atoms. The van der Waals surface area contributed by atoms with Gasteiger partial charge in [0.15, 0.2) is 0 Å². The van der Waals surface area contributed by atoms with Gasteiger partial charge in [0.2, 0.25) is 5.91 Å². The predicted octanol–water partition coefficient (Wildman–Crippen LogP) is 1.61. The Kier molecular flexibility index (Phi) is 3.92. The van der Waals surface area contributed by atoms with Crippen molar-refractivity contribution < 1.29 is 9.53 Å². The van der Waals surface area contributed by atoms with Crippen LogP contribution in [0, 0.1) is 5.92 Å². The molecule has 3 heterocycles. The summed E-state index contributed by atoms with van der Waals surface area (Å²) in [5.41, 5.74) is 2.29. The maximum Gasteiger partial charge on any atom is 0.223 e. The van der Waals surface area contributed by atoms with Crippen LogP contribution in [0.15, 0.2) is 24.5 Å². The summed E-state index contributed by atoms with van der Waals surface area (Å²) in [6.45, 7) is 2.14. The predicted molar refractivity (Wildman–Crippen MR) is 81.0 cm³/mol. The van der Waals surface area contributed by atoms with Crippen LogP contribution in [0.25, 0.3) is 11.0 Å². The number of carbonyl (C=O) groups is 1. The highest BCUT2D eigenvalue weighted by atomic mass is 16.5. The number of nitrogens with zero attached hydrogens (tertiary/aromatic N) is 3. The van der Waals surface area contributed by atoms with Gasteiger partial charge in [-0.05, 0) is 30.0 Å². The summed E-state index contributed by atoms with van der Waals surface area (Å²) in [5, 5.41) is 1.20. The molecule has 2 aromatic rings. The lowest BCUT2D eigenvalue weighted by Gasteiger charge is -2.16. The molecule has 0 radical (unpaired) electrons. The van der Waals surface area contributed by atoms with Crippen LogP contribution in [0.1, 0.15) is 12.0 Å². The third kappa shape index (κ3) is 2.78. The Labute approximate surface area is 124 Å². The standard InChI is InChI=1S/C16H21N3O2/c1-18-6-4-14-13(3-5-17-16(14)18)9-12-10-15(20)19(11-12)7-8-21-2/h3-6,12H,7-11H2,1-2H3/t12-/m1/s1. The third-order valence-electron chi connectivity index (χ3n) is 4.23. The summed E-state index contributed by atoms with van der Waals surface area (Å²) in [4.78, 5) is 18.3. The normalized spacial score (nSPS) is 18.9. The average Bonchev–Trinajstić information content (AvgIpc) is 3.01. The zero-order chi connectivity index (χ0) is 14.8. The molecule has 3 rings (SSSR count). The molecular formula is C16H21N3O2. The van der Waals surface area contributed by atoms with Crippen molar-refractivity contribution in [3.8, 4) is 0 Å². The zero-order valence-corrected chi connectivity index (χ0v) is 12.6. The fourth-order valence-electron chi connectivity index (χ4n) is 3.12. The van der Waals surface area contributed by atoms with Gasteiger partial charge in [0, 0.05) is 51.4 Å². The molecule has 5 heteroatoms. The summed E-state index contributed by atoms with van der Waals surface area (Å²) in [7, 11) is 3.67. The van der Waals surface area contributed by atoms with Gasteiger partial charge in [-0.3, -0.25) is 4.79 Å². The molecule has 5 nitrogen and oxygen atoms in total. The highest BCUT2D eigenvalue weighted by molar-refractivity contribution is 5.81. The number of rotatable bonds is 5. The SMILES string of the molecule is COCCN1C[C@H](Cc2ccnc3c2ccn3C)CC1=O. The smallest absolute Gasteiger partial charge is 0.223 e. The number of pyridine rings is 1. The van der Waals surface area contributed by atoms with E-state index in [0.29, 0.717) is 25.5 Å². The van der Waals surface area contributed by atoms with E-state index in [0.717, 1.165) is 18.6 Å². The maximum atomic E-state index is 12.0. The van der Waals surface area contributed by atoms with Crippen LogP contribution in [0.3, 0.4) is 0 Å². The molecule has 0 spiro atoms. The molecule has 1 aliphatic rings. The summed E-state index contributed by atoms with van der Waals surface area (Å²) >= 11 is 0. The first kappa shape index (κ1) is 14.1. The van der Waals surface area contributed by atoms with Crippen molar-refractivity contribution >= 4 is 16.9 Å². The van der Waals surface area contributed by atoms with Crippen molar-refractivity contribution in [2.75, 3.05) is 26.8 Å². The van der Waals surface area contributed by atoms with Gasteiger partial charge in [-0.1, -0.05) is 0 Å². The second kappa shape index (κ2) is 5.85. The molecule has 0 unspecified atom stereocenters. The first-order valence-electron chi connectivity index (χ1n) is 7.34. The van der Waals surface area contributed by atoms with Gasteiger partial charge in [-0.25, -0.2) is 4.98 Å². The van der Waals surface area contributed by atoms with Gasteiger partial charge >= 0.3 is 0 Å². The van der Waals surface area contributed by atoms with Crippen molar-refractivity contribution in [3.63, 3.8) is 0 Å². The number of methoxy groups -OCH3 is 1. The molecule has 0 saturated carbocycles. The summed E-state index contributed by atoms with van der Waals surface area (Å²) in [6.07, 6.45) is 5.46. The van der Waals surface area contributed by atoms with E-state index < -0.39 is 0 Å². The van der Waals surface area contributed by atoms with Gasteiger partial charge in [0.25, 0.3) is 0 Å². The number of aromatic nitrogens is 2. The van der Waals surface area contributed by atoms with Gasteiger partial charge in [0.05, 0.1) is 6.61 Å². The Balaban J connectivity index is 1.73. The average molecular weight is 287 g/mol. The molecule has 1 aliphatic heterocycles. The van der Waals surface area contributed by atoms with E-state index in [4.69, 9.17) is 4.74 Å². The first-order valence-corrected chi connectivity index (χ1v) is 7.34. The van der Waals surface area contributed by atoms with E-state index in [1.54, 1.807) is 7.11 Å². The monoisotopic (exact) mass is 287 g/mol. The van der Waals surface area contributed by atoms with Crippen molar-refractivity contribution in [2.24, 2.45) is 13.0 Å². The van der Waals surface area contributed by atoms with Gasteiger partial charge in [0.1, 0.15) is 5.65 Å². The van der Waals surface area contributed by atoms with E-state index >= 15 is 0 Å². The van der Waals surface area contributed by atoms with Crippen molar-refractivity contribution in [2.45, 2.75) is 12.8 Å². The lowest BCUT2D eigenvalue weighted by atomic mass is 9.97. The van der Waals surface area contributed by atoms with Gasteiger partial charge in [-0.15, -0.1) is 0 Å². The number of fused-ring (bicyclic) bond motifs is 1. The van der Waals surface area contributed by atoms with Crippen LogP contribution in [0.4, 0.5) is 0 Å². The molecule has 21 heavy (non-hydrogen) atoms. The largest absolute Gasteiger partial charge is 0.383 e. The number of hydrogen-bond acceptors (Lipinski definition) is 3. The highest BCUT2D eigenvalue weighted by Crippen LogP contribution is 2.25. The molecule has 0 aromatic carbocycles. The molecule has 0 aliphatic carbocycles. The lowest BCUT2D eigenvalue weighted by Crippen LogP contribution is -2.28. The van der Waals surface area contributed by atoms with Crippen molar-refractivity contribution in [1.82, 2.24) is 14.5 Å². The highest BCUT2D eigenvalue weighted by Gasteiger charge is 2.29. The second-order valence-corrected chi connectivity index (χ2v) is 5.74. The molecule has 1 amide bonds. The fourth-order valence-corrected chi connectivity index (χ4v) is 3.12. The van der Waals surface area contributed by atoms with Crippen molar-refractivity contribution in [3.05, 3.63) is 30.1 Å². The van der Waals surface area contributed by atoms with Crippen LogP contribution in [0.2, 0.25) is 0 Å². The van der Waals surface area contributed by atoms with Crippen LogP contribution >= 0.6 is 0 Å².